The zero-order chi connectivity index (χ0) is 11.7. The smallest absolute Gasteiger partial charge is 0.140 e. The molecule has 86 valence electrons. The Morgan fingerprint density at radius 2 is 2.38 bits per heavy atom. The second kappa shape index (κ2) is 4.28. The average Bonchev–Trinajstić information content (AvgIpc) is 2.81. The second-order valence-electron chi connectivity index (χ2n) is 3.34. The van der Waals surface area contributed by atoms with Crippen LogP contribution in [0.4, 0.5) is 5.82 Å². The number of aromatic nitrogens is 2. The number of nitrogens with one attached hydrogen (secondary N) is 1. The molecule has 0 amide bonds. The number of hydrogen-bond donors (Lipinski definition) is 3. The van der Waals surface area contributed by atoms with E-state index in [0.717, 1.165) is 10.0 Å². The van der Waals surface area contributed by atoms with Gasteiger partial charge in [0, 0.05) is 12.6 Å². The fraction of sp³-hybridized carbons (Fsp3) is 0.222. The van der Waals surface area contributed by atoms with Crippen molar-refractivity contribution in [2.75, 3.05) is 5.73 Å². The topological polar surface area (TPSA) is 95.0 Å². The number of hydrazine groups is 1. The summed E-state index contributed by atoms with van der Waals surface area (Å²) in [5.74, 6) is 6.74. The van der Waals surface area contributed by atoms with Gasteiger partial charge in [-0.3, -0.25) is 10.5 Å². The molecule has 2 rings (SSSR count). The molecule has 0 bridgehead atoms. The van der Waals surface area contributed by atoms with Gasteiger partial charge >= 0.3 is 0 Å². The molecule has 0 aliphatic carbocycles. The van der Waals surface area contributed by atoms with Crippen LogP contribution in [-0.2, 0) is 7.05 Å². The molecule has 5 N–H and O–H groups in total. The molecule has 0 fully saturated rings. The Morgan fingerprint density at radius 1 is 1.62 bits per heavy atom. The molecular weight excluding hydrogens is 274 g/mol. The number of rotatable bonds is 3. The van der Waals surface area contributed by atoms with Crippen LogP contribution in [0.5, 0.6) is 0 Å². The first-order valence-electron chi connectivity index (χ1n) is 4.61. The van der Waals surface area contributed by atoms with Gasteiger partial charge in [-0.2, -0.15) is 5.10 Å². The molecule has 2 heterocycles. The summed E-state index contributed by atoms with van der Waals surface area (Å²) in [6.07, 6.45) is 3.24. The molecule has 0 radical (unpaired) electrons. The van der Waals surface area contributed by atoms with Crippen molar-refractivity contribution in [1.29, 1.82) is 0 Å². The molecule has 0 aromatic carbocycles. The maximum Gasteiger partial charge on any atom is 0.140 e. The third-order valence-electron chi connectivity index (χ3n) is 2.40. The number of nitrogen functional groups attached to an aromatic ring is 1. The molecule has 0 saturated heterocycles. The lowest BCUT2D eigenvalue weighted by Gasteiger charge is -2.13. The van der Waals surface area contributed by atoms with Crippen LogP contribution in [-0.4, -0.2) is 9.78 Å². The van der Waals surface area contributed by atoms with Gasteiger partial charge in [0.2, 0.25) is 0 Å². The lowest BCUT2D eigenvalue weighted by Crippen LogP contribution is -2.29. The van der Waals surface area contributed by atoms with Gasteiger partial charge in [-0.25, -0.2) is 5.43 Å². The highest BCUT2D eigenvalue weighted by molar-refractivity contribution is 9.10. The van der Waals surface area contributed by atoms with E-state index in [1.165, 1.54) is 0 Å². The lowest BCUT2D eigenvalue weighted by molar-refractivity contribution is 0.450. The van der Waals surface area contributed by atoms with Crippen molar-refractivity contribution in [2.24, 2.45) is 12.9 Å². The minimum Gasteiger partial charge on any atom is -0.466 e. The summed E-state index contributed by atoms with van der Waals surface area (Å²) in [5, 5.41) is 4.06. The molecule has 0 spiro atoms. The highest BCUT2D eigenvalue weighted by Crippen LogP contribution is 2.31. The minimum absolute atomic E-state index is 0.321. The van der Waals surface area contributed by atoms with E-state index in [1.807, 2.05) is 0 Å². The fourth-order valence-corrected chi connectivity index (χ4v) is 1.93. The first-order chi connectivity index (χ1) is 7.65. The summed E-state index contributed by atoms with van der Waals surface area (Å²) < 4.78 is 7.77. The van der Waals surface area contributed by atoms with Crippen molar-refractivity contribution in [3.05, 3.63) is 34.3 Å². The largest absolute Gasteiger partial charge is 0.466 e. The number of nitrogens with two attached hydrogens (primary N) is 2. The van der Waals surface area contributed by atoms with Crippen LogP contribution < -0.4 is 17.0 Å². The number of anilines is 1. The molecule has 1 atom stereocenters. The van der Waals surface area contributed by atoms with Gasteiger partial charge in [0.15, 0.2) is 0 Å². The molecule has 16 heavy (non-hydrogen) atoms. The number of hydrogen-bond acceptors (Lipinski definition) is 5. The zero-order valence-corrected chi connectivity index (χ0v) is 10.2. The number of furan rings is 1. The lowest BCUT2D eigenvalue weighted by atomic mass is 10.1. The van der Waals surface area contributed by atoms with Gasteiger partial charge in [0.1, 0.15) is 17.6 Å². The van der Waals surface area contributed by atoms with Crippen molar-refractivity contribution in [3.8, 4) is 0 Å². The maximum atomic E-state index is 5.88. The Bertz CT molecular complexity index is 492. The quantitative estimate of drug-likeness (QED) is 0.576. The molecule has 1 unspecified atom stereocenters. The standard InChI is InChI=1S/C9H12BrN5O/c1-15-9(11)5(4-13-15)7(14-12)8-6(10)2-3-16-8/h2-4,7,14H,11-12H2,1H3. The Hall–Kier alpha value is -1.31. The van der Waals surface area contributed by atoms with Crippen LogP contribution >= 0.6 is 15.9 Å². The highest BCUT2D eigenvalue weighted by Gasteiger charge is 2.22. The third-order valence-corrected chi connectivity index (χ3v) is 3.05. The molecule has 0 aliphatic rings. The average molecular weight is 286 g/mol. The molecule has 0 saturated carbocycles. The number of nitrogens with zero attached hydrogens (tertiary/aromatic N) is 2. The summed E-state index contributed by atoms with van der Waals surface area (Å²) in [5.41, 5.74) is 9.32. The minimum atomic E-state index is -0.321. The molecule has 0 aliphatic heterocycles. The van der Waals surface area contributed by atoms with Crippen LogP contribution in [0.2, 0.25) is 0 Å². The van der Waals surface area contributed by atoms with Gasteiger partial charge in [-0.05, 0) is 22.0 Å². The third kappa shape index (κ3) is 1.73. The van der Waals surface area contributed by atoms with Gasteiger partial charge < -0.3 is 10.2 Å². The van der Waals surface area contributed by atoms with E-state index in [1.54, 1.807) is 30.3 Å². The summed E-state index contributed by atoms with van der Waals surface area (Å²) in [7, 11) is 1.77. The Morgan fingerprint density at radius 3 is 2.81 bits per heavy atom. The van der Waals surface area contributed by atoms with Crippen molar-refractivity contribution in [1.82, 2.24) is 15.2 Å². The molecule has 7 heteroatoms. The predicted octanol–water partition coefficient (Wildman–Crippen LogP) is 0.910. The van der Waals surface area contributed by atoms with Crippen molar-refractivity contribution >= 4 is 21.7 Å². The van der Waals surface area contributed by atoms with Crippen LogP contribution in [0.3, 0.4) is 0 Å². The van der Waals surface area contributed by atoms with Crippen LogP contribution in [0.25, 0.3) is 0 Å². The molecule has 6 nitrogen and oxygen atoms in total. The summed E-state index contributed by atoms with van der Waals surface area (Å²) in [6, 6.07) is 1.48. The van der Waals surface area contributed by atoms with Gasteiger partial charge in [0.25, 0.3) is 0 Å². The maximum absolute atomic E-state index is 5.88. The summed E-state index contributed by atoms with van der Waals surface area (Å²) in [4.78, 5) is 0. The highest BCUT2D eigenvalue weighted by atomic mass is 79.9. The van der Waals surface area contributed by atoms with E-state index in [9.17, 15) is 0 Å². The summed E-state index contributed by atoms with van der Waals surface area (Å²) >= 11 is 3.38. The van der Waals surface area contributed by atoms with E-state index < -0.39 is 0 Å². The Kier molecular flexibility index (Phi) is 2.99. The van der Waals surface area contributed by atoms with Gasteiger partial charge in [-0.15, -0.1) is 0 Å². The number of halogens is 1. The summed E-state index contributed by atoms with van der Waals surface area (Å²) in [6.45, 7) is 0. The number of aryl methyl sites for hydroxylation is 1. The SMILES string of the molecule is Cn1ncc(C(NN)c2occc2Br)c1N. The van der Waals surface area contributed by atoms with Crippen LogP contribution in [0, 0.1) is 0 Å². The van der Waals surface area contributed by atoms with Crippen molar-refractivity contribution in [3.63, 3.8) is 0 Å². The molecule has 2 aromatic heterocycles. The molecular formula is C9H12BrN5O. The van der Waals surface area contributed by atoms with E-state index in [-0.39, 0.29) is 6.04 Å². The Labute approximate surface area is 101 Å². The van der Waals surface area contributed by atoms with E-state index in [0.29, 0.717) is 11.6 Å². The van der Waals surface area contributed by atoms with Gasteiger partial charge in [-0.1, -0.05) is 0 Å². The van der Waals surface area contributed by atoms with Crippen molar-refractivity contribution < 1.29 is 4.42 Å². The van der Waals surface area contributed by atoms with E-state index >= 15 is 0 Å². The van der Waals surface area contributed by atoms with Gasteiger partial charge in [0.05, 0.1) is 16.9 Å². The van der Waals surface area contributed by atoms with E-state index in [2.05, 4.69) is 26.5 Å². The first kappa shape index (κ1) is 11.2. The first-order valence-corrected chi connectivity index (χ1v) is 5.40. The monoisotopic (exact) mass is 285 g/mol. The van der Waals surface area contributed by atoms with Crippen LogP contribution in [0.1, 0.15) is 17.4 Å². The van der Waals surface area contributed by atoms with Crippen LogP contribution in [0.15, 0.2) is 27.4 Å². The second-order valence-corrected chi connectivity index (χ2v) is 4.20. The Balaban J connectivity index is 2.45. The van der Waals surface area contributed by atoms with Crippen molar-refractivity contribution in [2.45, 2.75) is 6.04 Å². The normalized spacial score (nSPS) is 12.9. The molecule has 2 aromatic rings. The fourth-order valence-electron chi connectivity index (χ4n) is 1.50. The van der Waals surface area contributed by atoms with E-state index in [4.69, 9.17) is 16.0 Å². The predicted molar refractivity (Wildman–Crippen MR) is 63.2 cm³/mol. The zero-order valence-electron chi connectivity index (χ0n) is 8.64.